The van der Waals surface area contributed by atoms with Gasteiger partial charge in [-0.1, -0.05) is 12.1 Å². The Kier molecular flexibility index (Phi) is 2.93. The fraction of sp³-hybridized carbons (Fsp3) is 0. The van der Waals surface area contributed by atoms with Gasteiger partial charge < -0.3 is 4.42 Å². The number of benzene rings is 2. The molecule has 1 heterocycles. The van der Waals surface area contributed by atoms with Crippen molar-refractivity contribution in [2.45, 2.75) is 0 Å². The van der Waals surface area contributed by atoms with Crippen LogP contribution in [0.25, 0.3) is 11.1 Å². The third kappa shape index (κ3) is 1.92. The van der Waals surface area contributed by atoms with Gasteiger partial charge in [0.25, 0.3) is 10.7 Å². The largest absolute Gasteiger partial charge is 0.429 e. The highest BCUT2D eigenvalue weighted by atomic mass is 32.1. The molecule has 0 atom stereocenters. The van der Waals surface area contributed by atoms with Gasteiger partial charge in [0.2, 0.25) is 0 Å². The van der Waals surface area contributed by atoms with E-state index in [1.165, 1.54) is 4.57 Å². The number of nitrogens with zero attached hydrogens (tertiary/aromatic N) is 2. The minimum absolute atomic E-state index is 0.112. The van der Waals surface area contributed by atoms with Gasteiger partial charge in [-0.25, -0.2) is 4.57 Å². The second kappa shape index (κ2) is 4.76. The summed E-state index contributed by atoms with van der Waals surface area (Å²) in [6.07, 6.45) is 0. The number of rotatable bonds is 1. The summed E-state index contributed by atoms with van der Waals surface area (Å²) in [5, 5.41) is 8.76. The number of aromatic nitrogens is 1. The van der Waals surface area contributed by atoms with E-state index in [2.05, 4.69) is 0 Å². The molecule has 0 radical (unpaired) electrons. The lowest BCUT2D eigenvalue weighted by Crippen LogP contribution is -2.11. The standard InChI is InChI=1S/C15H8N2O2S/c16-9-10-5-7-11(8-6-10)14(18)17-12-3-1-2-4-13(12)19-15(17)20/h1-8H. The molecule has 0 aliphatic carbocycles. The number of oxazole rings is 1. The van der Waals surface area contributed by atoms with E-state index in [9.17, 15) is 4.79 Å². The Bertz CT molecular complexity index is 898. The van der Waals surface area contributed by atoms with Crippen LogP contribution in [0.5, 0.6) is 0 Å². The van der Waals surface area contributed by atoms with E-state index in [0.29, 0.717) is 22.2 Å². The van der Waals surface area contributed by atoms with E-state index in [0.717, 1.165) is 0 Å². The Morgan fingerprint density at radius 3 is 2.55 bits per heavy atom. The first-order chi connectivity index (χ1) is 9.70. The van der Waals surface area contributed by atoms with Crippen molar-refractivity contribution >= 4 is 29.2 Å². The van der Waals surface area contributed by atoms with Crippen LogP contribution in [-0.4, -0.2) is 10.5 Å². The lowest BCUT2D eigenvalue weighted by atomic mass is 10.1. The number of nitriles is 1. The molecule has 5 heteroatoms. The number of hydrogen-bond acceptors (Lipinski definition) is 4. The number of carbonyl (C=O) groups is 1. The first-order valence-corrected chi connectivity index (χ1v) is 6.27. The number of hydrogen-bond donors (Lipinski definition) is 0. The molecule has 0 amide bonds. The van der Waals surface area contributed by atoms with Gasteiger partial charge in [0.1, 0.15) is 0 Å². The van der Waals surface area contributed by atoms with Crippen molar-refractivity contribution in [2.24, 2.45) is 0 Å². The molecule has 0 spiro atoms. The maximum Gasteiger partial charge on any atom is 0.276 e. The Morgan fingerprint density at radius 1 is 1.15 bits per heavy atom. The minimum Gasteiger partial charge on any atom is -0.429 e. The molecule has 2 aromatic carbocycles. The molecular formula is C15H8N2O2S. The third-order valence-corrected chi connectivity index (χ3v) is 3.22. The van der Waals surface area contributed by atoms with Gasteiger partial charge in [-0.2, -0.15) is 5.26 Å². The van der Waals surface area contributed by atoms with E-state index >= 15 is 0 Å². The highest BCUT2D eigenvalue weighted by Gasteiger charge is 2.15. The van der Waals surface area contributed by atoms with E-state index < -0.39 is 0 Å². The Morgan fingerprint density at radius 2 is 1.85 bits per heavy atom. The molecule has 0 saturated carbocycles. The molecule has 0 saturated heterocycles. The van der Waals surface area contributed by atoms with Gasteiger partial charge >= 0.3 is 0 Å². The molecule has 0 unspecified atom stereocenters. The highest BCUT2D eigenvalue weighted by Crippen LogP contribution is 2.18. The van der Waals surface area contributed by atoms with Crippen molar-refractivity contribution in [3.05, 3.63) is 64.5 Å². The Hall–Kier alpha value is -2.71. The van der Waals surface area contributed by atoms with Crippen LogP contribution in [0.1, 0.15) is 15.9 Å². The van der Waals surface area contributed by atoms with Gasteiger partial charge in [-0.3, -0.25) is 4.79 Å². The molecule has 1 aromatic heterocycles. The van der Waals surface area contributed by atoms with Crippen LogP contribution < -0.4 is 0 Å². The van der Waals surface area contributed by atoms with Crippen LogP contribution >= 0.6 is 12.2 Å². The lowest BCUT2D eigenvalue weighted by molar-refractivity contribution is 0.0959. The number of carbonyl (C=O) groups excluding carboxylic acids is 1. The maximum atomic E-state index is 12.5. The molecule has 4 nitrogen and oxygen atoms in total. The van der Waals surface area contributed by atoms with Gasteiger partial charge in [-0.05, 0) is 48.6 Å². The van der Waals surface area contributed by atoms with Crippen molar-refractivity contribution in [3.8, 4) is 6.07 Å². The van der Waals surface area contributed by atoms with Crippen molar-refractivity contribution in [1.82, 2.24) is 4.57 Å². The van der Waals surface area contributed by atoms with Gasteiger partial charge in [0.05, 0.1) is 17.1 Å². The van der Waals surface area contributed by atoms with Crippen LogP contribution in [0, 0.1) is 16.2 Å². The van der Waals surface area contributed by atoms with Crippen molar-refractivity contribution in [2.75, 3.05) is 0 Å². The minimum atomic E-state index is -0.274. The summed E-state index contributed by atoms with van der Waals surface area (Å²) in [6, 6.07) is 15.6. The molecule has 0 fully saturated rings. The van der Waals surface area contributed by atoms with Crippen molar-refractivity contribution < 1.29 is 9.21 Å². The first-order valence-electron chi connectivity index (χ1n) is 5.86. The summed E-state index contributed by atoms with van der Waals surface area (Å²) in [7, 11) is 0. The van der Waals surface area contributed by atoms with Crippen LogP contribution in [0.2, 0.25) is 0 Å². The topological polar surface area (TPSA) is 58.9 Å². The fourth-order valence-corrected chi connectivity index (χ4v) is 2.25. The number of fused-ring (bicyclic) bond motifs is 1. The average molecular weight is 280 g/mol. The molecule has 3 rings (SSSR count). The lowest BCUT2D eigenvalue weighted by Gasteiger charge is -2.02. The average Bonchev–Trinajstić information content (AvgIpc) is 2.82. The predicted octanol–water partition coefficient (Wildman–Crippen LogP) is 3.52. The summed E-state index contributed by atoms with van der Waals surface area (Å²) >= 11 is 5.10. The summed E-state index contributed by atoms with van der Waals surface area (Å²) in [5.74, 6) is -0.274. The predicted molar refractivity (Wildman–Crippen MR) is 75.9 cm³/mol. The SMILES string of the molecule is N#Cc1ccc(C(=O)n2c(=S)oc3ccccc32)cc1. The van der Waals surface area contributed by atoms with E-state index in [4.69, 9.17) is 21.9 Å². The van der Waals surface area contributed by atoms with Gasteiger partial charge in [0.15, 0.2) is 5.58 Å². The van der Waals surface area contributed by atoms with Crippen LogP contribution in [-0.2, 0) is 0 Å². The maximum absolute atomic E-state index is 12.5. The zero-order chi connectivity index (χ0) is 14.1. The van der Waals surface area contributed by atoms with Crippen molar-refractivity contribution in [1.29, 1.82) is 5.26 Å². The zero-order valence-corrected chi connectivity index (χ0v) is 11.1. The molecule has 0 aliphatic rings. The summed E-state index contributed by atoms with van der Waals surface area (Å²) in [4.78, 5) is 12.6. The zero-order valence-electron chi connectivity index (χ0n) is 10.2. The van der Waals surface area contributed by atoms with Crippen LogP contribution in [0.3, 0.4) is 0 Å². The summed E-state index contributed by atoms with van der Waals surface area (Å²) < 4.78 is 6.74. The second-order valence-electron chi connectivity index (χ2n) is 4.17. The quantitative estimate of drug-likeness (QED) is 0.640. The monoisotopic (exact) mass is 280 g/mol. The summed E-state index contributed by atoms with van der Waals surface area (Å²) in [6.45, 7) is 0. The normalized spacial score (nSPS) is 10.3. The second-order valence-corrected chi connectivity index (χ2v) is 4.51. The van der Waals surface area contributed by atoms with Gasteiger partial charge in [0, 0.05) is 5.56 Å². The third-order valence-electron chi connectivity index (χ3n) is 2.95. The fourth-order valence-electron chi connectivity index (χ4n) is 1.98. The molecule has 0 bridgehead atoms. The van der Waals surface area contributed by atoms with E-state index in [1.54, 1.807) is 36.4 Å². The molecule has 3 aromatic rings. The smallest absolute Gasteiger partial charge is 0.276 e. The summed E-state index contributed by atoms with van der Waals surface area (Å²) in [5.41, 5.74) is 2.15. The van der Waals surface area contributed by atoms with Gasteiger partial charge in [-0.15, -0.1) is 0 Å². The Balaban J connectivity index is 2.15. The molecular weight excluding hydrogens is 272 g/mol. The van der Waals surface area contributed by atoms with Crippen molar-refractivity contribution in [3.63, 3.8) is 0 Å². The molecule has 20 heavy (non-hydrogen) atoms. The van der Waals surface area contributed by atoms with E-state index in [-0.39, 0.29) is 10.7 Å². The molecule has 0 aliphatic heterocycles. The Labute approximate surface area is 119 Å². The van der Waals surface area contributed by atoms with Crippen LogP contribution in [0.15, 0.2) is 52.9 Å². The van der Waals surface area contributed by atoms with E-state index in [1.807, 2.05) is 18.2 Å². The first kappa shape index (κ1) is 12.3. The van der Waals surface area contributed by atoms with Crippen LogP contribution in [0.4, 0.5) is 0 Å². The number of para-hydroxylation sites is 2. The molecule has 96 valence electrons. The molecule has 0 N–H and O–H groups in total. The highest BCUT2D eigenvalue weighted by molar-refractivity contribution is 7.71.